The van der Waals surface area contributed by atoms with Gasteiger partial charge in [-0.1, -0.05) is 12.8 Å². The van der Waals surface area contributed by atoms with E-state index in [1.54, 1.807) is 6.20 Å². The summed E-state index contributed by atoms with van der Waals surface area (Å²) >= 11 is 2.20. The fourth-order valence-electron chi connectivity index (χ4n) is 1.78. The topological polar surface area (TPSA) is 35.0 Å². The summed E-state index contributed by atoms with van der Waals surface area (Å²) in [5.41, 5.74) is 0. The number of rotatable bonds is 3. The first-order valence-electron chi connectivity index (χ1n) is 4.94. The molecule has 1 aliphatic rings. The predicted molar refractivity (Wildman–Crippen MR) is 62.2 cm³/mol. The molecule has 1 saturated carbocycles. The van der Waals surface area contributed by atoms with E-state index in [-0.39, 0.29) is 0 Å². The van der Waals surface area contributed by atoms with Crippen LogP contribution < -0.4 is 4.74 Å². The van der Waals surface area contributed by atoms with Crippen LogP contribution in [0.3, 0.4) is 0 Å². The van der Waals surface area contributed by atoms with Gasteiger partial charge in [0.2, 0.25) is 5.88 Å². The van der Waals surface area contributed by atoms with Crippen molar-refractivity contribution in [3.63, 3.8) is 0 Å². The molecule has 1 aliphatic carbocycles. The molecule has 1 aromatic rings. The molecule has 0 unspecified atom stereocenters. The number of nitrogens with zero attached hydrogens (tertiary/aromatic N) is 2. The summed E-state index contributed by atoms with van der Waals surface area (Å²) in [5, 5.41) is 0. The van der Waals surface area contributed by atoms with Crippen molar-refractivity contribution in [2.24, 2.45) is 5.92 Å². The minimum Gasteiger partial charge on any atom is -0.477 e. The Labute approximate surface area is 97.4 Å². The van der Waals surface area contributed by atoms with Crippen LogP contribution in [0.4, 0.5) is 0 Å². The molecule has 76 valence electrons. The molecule has 2 rings (SSSR count). The third kappa shape index (κ3) is 2.56. The molecule has 0 N–H and O–H groups in total. The van der Waals surface area contributed by atoms with Crippen molar-refractivity contribution in [2.45, 2.75) is 25.7 Å². The van der Waals surface area contributed by atoms with Gasteiger partial charge in [-0.25, -0.2) is 9.97 Å². The molecule has 0 radical (unpaired) electrons. The van der Waals surface area contributed by atoms with Gasteiger partial charge < -0.3 is 4.74 Å². The molecule has 0 saturated heterocycles. The van der Waals surface area contributed by atoms with E-state index in [0.29, 0.717) is 0 Å². The van der Waals surface area contributed by atoms with Gasteiger partial charge in [0, 0.05) is 6.20 Å². The lowest BCUT2D eigenvalue weighted by Gasteiger charge is -2.10. The minimum absolute atomic E-state index is 0.729. The van der Waals surface area contributed by atoms with Gasteiger partial charge in [-0.05, 0) is 41.4 Å². The zero-order chi connectivity index (χ0) is 9.80. The van der Waals surface area contributed by atoms with Crippen LogP contribution in [0.1, 0.15) is 25.7 Å². The number of hydrogen-bond acceptors (Lipinski definition) is 3. The Morgan fingerprint density at radius 2 is 2.21 bits per heavy atom. The molecule has 3 nitrogen and oxygen atoms in total. The van der Waals surface area contributed by atoms with Gasteiger partial charge in [0.05, 0.1) is 10.2 Å². The molecular formula is C10H13IN2O. The summed E-state index contributed by atoms with van der Waals surface area (Å²) < 4.78 is 6.65. The van der Waals surface area contributed by atoms with Gasteiger partial charge >= 0.3 is 0 Å². The summed E-state index contributed by atoms with van der Waals surface area (Å²) in [6, 6.07) is 0. The van der Waals surface area contributed by atoms with E-state index in [1.165, 1.54) is 32.0 Å². The zero-order valence-electron chi connectivity index (χ0n) is 7.95. The van der Waals surface area contributed by atoms with Crippen LogP contribution in [0.25, 0.3) is 0 Å². The first-order valence-corrected chi connectivity index (χ1v) is 6.02. The number of ether oxygens (including phenoxy) is 1. The number of aromatic nitrogens is 2. The van der Waals surface area contributed by atoms with Gasteiger partial charge in [-0.15, -0.1) is 0 Å². The molecule has 0 bridgehead atoms. The monoisotopic (exact) mass is 304 g/mol. The lowest BCUT2D eigenvalue weighted by atomic mass is 10.1. The van der Waals surface area contributed by atoms with Crippen LogP contribution in [-0.4, -0.2) is 16.6 Å². The van der Waals surface area contributed by atoms with Crippen molar-refractivity contribution in [3.05, 3.63) is 16.1 Å². The number of hydrogen-bond donors (Lipinski definition) is 0. The average molecular weight is 304 g/mol. The van der Waals surface area contributed by atoms with Crippen LogP contribution in [0.15, 0.2) is 12.5 Å². The first kappa shape index (κ1) is 10.1. The minimum atomic E-state index is 0.729. The second-order valence-corrected chi connectivity index (χ2v) is 4.80. The van der Waals surface area contributed by atoms with Crippen molar-refractivity contribution in [2.75, 3.05) is 6.61 Å². The molecule has 0 aromatic carbocycles. The lowest BCUT2D eigenvalue weighted by Crippen LogP contribution is -2.09. The molecule has 1 aromatic heterocycles. The highest BCUT2D eigenvalue weighted by Crippen LogP contribution is 2.25. The van der Waals surface area contributed by atoms with Crippen LogP contribution in [0.5, 0.6) is 5.88 Å². The third-order valence-electron chi connectivity index (χ3n) is 2.56. The average Bonchev–Trinajstić information content (AvgIpc) is 2.69. The van der Waals surface area contributed by atoms with E-state index in [1.807, 2.05) is 0 Å². The summed E-state index contributed by atoms with van der Waals surface area (Å²) in [6.07, 6.45) is 8.64. The van der Waals surface area contributed by atoms with Crippen molar-refractivity contribution in [1.82, 2.24) is 9.97 Å². The largest absolute Gasteiger partial charge is 0.477 e. The summed E-state index contributed by atoms with van der Waals surface area (Å²) in [4.78, 5) is 8.02. The molecular weight excluding hydrogens is 291 g/mol. The Morgan fingerprint density at radius 3 is 2.93 bits per heavy atom. The predicted octanol–water partition coefficient (Wildman–Crippen LogP) is 2.65. The fraction of sp³-hybridized carbons (Fsp3) is 0.600. The lowest BCUT2D eigenvalue weighted by molar-refractivity contribution is 0.241. The molecule has 0 spiro atoms. The maximum Gasteiger partial charge on any atom is 0.230 e. The summed E-state index contributed by atoms with van der Waals surface area (Å²) in [6.45, 7) is 0.813. The standard InChI is InChI=1S/C10H13IN2O/c11-9-5-12-7-13-10(9)14-6-8-3-1-2-4-8/h5,7-8H,1-4,6H2. The summed E-state index contributed by atoms with van der Waals surface area (Å²) in [7, 11) is 0. The van der Waals surface area contributed by atoms with E-state index in [0.717, 1.165) is 22.0 Å². The Hall–Kier alpha value is -0.390. The van der Waals surface area contributed by atoms with Crippen LogP contribution in [-0.2, 0) is 0 Å². The molecule has 4 heteroatoms. The first-order chi connectivity index (χ1) is 6.86. The highest BCUT2D eigenvalue weighted by molar-refractivity contribution is 14.1. The number of halogens is 1. The highest BCUT2D eigenvalue weighted by atomic mass is 127. The van der Waals surface area contributed by atoms with Crippen LogP contribution in [0, 0.1) is 9.49 Å². The maximum absolute atomic E-state index is 5.66. The Morgan fingerprint density at radius 1 is 1.43 bits per heavy atom. The van der Waals surface area contributed by atoms with Crippen LogP contribution >= 0.6 is 22.6 Å². The van der Waals surface area contributed by atoms with Gasteiger partial charge in [-0.2, -0.15) is 0 Å². The van der Waals surface area contributed by atoms with E-state index in [4.69, 9.17) is 4.74 Å². The van der Waals surface area contributed by atoms with E-state index >= 15 is 0 Å². The van der Waals surface area contributed by atoms with Gasteiger partial charge in [0.15, 0.2) is 0 Å². The van der Waals surface area contributed by atoms with Crippen molar-refractivity contribution in [3.8, 4) is 5.88 Å². The third-order valence-corrected chi connectivity index (χ3v) is 3.30. The van der Waals surface area contributed by atoms with Gasteiger partial charge in [0.25, 0.3) is 0 Å². The maximum atomic E-state index is 5.66. The molecule has 0 amide bonds. The smallest absolute Gasteiger partial charge is 0.230 e. The van der Waals surface area contributed by atoms with Gasteiger partial charge in [-0.3, -0.25) is 0 Å². The summed E-state index contributed by atoms with van der Waals surface area (Å²) in [5.74, 6) is 1.47. The zero-order valence-corrected chi connectivity index (χ0v) is 10.1. The fourth-order valence-corrected chi connectivity index (χ4v) is 2.24. The van der Waals surface area contributed by atoms with E-state index in [9.17, 15) is 0 Å². The van der Waals surface area contributed by atoms with Crippen molar-refractivity contribution >= 4 is 22.6 Å². The van der Waals surface area contributed by atoms with Crippen LogP contribution in [0.2, 0.25) is 0 Å². The quantitative estimate of drug-likeness (QED) is 0.805. The van der Waals surface area contributed by atoms with Crippen molar-refractivity contribution in [1.29, 1.82) is 0 Å². The second kappa shape index (κ2) is 4.91. The molecule has 1 fully saturated rings. The highest BCUT2D eigenvalue weighted by Gasteiger charge is 2.16. The van der Waals surface area contributed by atoms with Gasteiger partial charge in [0.1, 0.15) is 6.33 Å². The Kier molecular flexibility index (Phi) is 3.55. The molecule has 0 aliphatic heterocycles. The second-order valence-electron chi connectivity index (χ2n) is 3.64. The molecule has 0 atom stereocenters. The Bertz CT molecular complexity index is 300. The SMILES string of the molecule is Ic1cncnc1OCC1CCCC1. The normalized spacial score (nSPS) is 17.2. The van der Waals surface area contributed by atoms with E-state index < -0.39 is 0 Å². The van der Waals surface area contributed by atoms with Crippen molar-refractivity contribution < 1.29 is 4.74 Å². The molecule has 14 heavy (non-hydrogen) atoms. The van der Waals surface area contributed by atoms with E-state index in [2.05, 4.69) is 32.6 Å². The Balaban J connectivity index is 1.88. The molecule has 1 heterocycles.